The number of carbonyl (C=O) groups is 1. The highest BCUT2D eigenvalue weighted by molar-refractivity contribution is 5.87. The third kappa shape index (κ3) is 4.94. The van der Waals surface area contributed by atoms with Crippen LogP contribution in [0.25, 0.3) is 0 Å². The smallest absolute Gasteiger partial charge is 0.246 e. The van der Waals surface area contributed by atoms with E-state index in [9.17, 15) is 15.2 Å². The summed E-state index contributed by atoms with van der Waals surface area (Å²) in [5.41, 5.74) is 4.04. The van der Waals surface area contributed by atoms with Crippen molar-refractivity contribution in [3.63, 3.8) is 0 Å². The largest absolute Gasteiger partial charge is 0.506 e. The van der Waals surface area contributed by atoms with E-state index in [-0.39, 0.29) is 11.7 Å². The van der Waals surface area contributed by atoms with Crippen molar-refractivity contribution in [1.29, 1.82) is 5.26 Å². The molecule has 1 aromatic carbocycles. The highest BCUT2D eigenvalue weighted by atomic mass is 16.5. The lowest BCUT2D eigenvalue weighted by Gasteiger charge is -2.39. The number of ether oxygens (including phenoxy) is 1. The number of fused-ring (bicyclic) bond motifs is 1. The molecule has 0 aliphatic carbocycles. The Morgan fingerprint density at radius 3 is 2.68 bits per heavy atom. The van der Waals surface area contributed by atoms with E-state index in [1.807, 2.05) is 18.2 Å². The summed E-state index contributed by atoms with van der Waals surface area (Å²) in [4.78, 5) is 25.4. The zero-order valence-electron chi connectivity index (χ0n) is 21.4. The molecular weight excluding hydrogens is 468 g/mol. The van der Waals surface area contributed by atoms with E-state index in [1.54, 1.807) is 11.0 Å². The number of para-hydroxylation sites is 2. The molecule has 2 saturated heterocycles. The minimum atomic E-state index is -0.0695. The number of piperazine rings is 1. The number of anilines is 2. The molecule has 2 fully saturated rings. The van der Waals surface area contributed by atoms with Gasteiger partial charge in [0.2, 0.25) is 11.8 Å². The SMILES string of the molecule is C=CC(=O)N1CCN(c2c(C#N)c(OCC3CCCN3C)nc3c2CCN(c2ccccc2O)C3)CC1. The molecule has 2 aromatic rings. The monoisotopic (exact) mass is 502 g/mol. The number of phenolic OH excluding ortho intramolecular Hbond substituents is 1. The molecule has 5 rings (SSSR count). The number of amides is 1. The third-order valence-electron chi connectivity index (χ3n) is 7.79. The van der Waals surface area contributed by atoms with Crippen molar-refractivity contribution >= 4 is 17.3 Å². The molecule has 9 heteroatoms. The normalized spacial score (nSPS) is 19.9. The molecule has 1 unspecified atom stereocenters. The summed E-state index contributed by atoms with van der Waals surface area (Å²) in [6.45, 7) is 8.74. The zero-order chi connectivity index (χ0) is 25.9. The van der Waals surface area contributed by atoms with Crippen LogP contribution in [0.15, 0.2) is 36.9 Å². The highest BCUT2D eigenvalue weighted by Gasteiger charge is 2.32. The Hall–Kier alpha value is -3.77. The summed E-state index contributed by atoms with van der Waals surface area (Å²) < 4.78 is 6.27. The average Bonchev–Trinajstić information content (AvgIpc) is 3.35. The van der Waals surface area contributed by atoms with E-state index < -0.39 is 0 Å². The van der Waals surface area contributed by atoms with Crippen LogP contribution < -0.4 is 14.5 Å². The Morgan fingerprint density at radius 1 is 1.22 bits per heavy atom. The molecule has 0 spiro atoms. The van der Waals surface area contributed by atoms with Crippen molar-refractivity contribution in [2.24, 2.45) is 0 Å². The summed E-state index contributed by atoms with van der Waals surface area (Å²) in [6, 6.07) is 10.0. The summed E-state index contributed by atoms with van der Waals surface area (Å²) in [5, 5.41) is 20.7. The fraction of sp³-hybridized carbons (Fsp3) is 0.464. The number of benzene rings is 1. The highest BCUT2D eigenvalue weighted by Crippen LogP contribution is 2.39. The summed E-state index contributed by atoms with van der Waals surface area (Å²) >= 11 is 0. The van der Waals surface area contributed by atoms with Crippen LogP contribution in [0.3, 0.4) is 0 Å². The molecule has 4 heterocycles. The number of aromatic hydroxyl groups is 1. The van der Waals surface area contributed by atoms with Crippen molar-refractivity contribution in [3.8, 4) is 17.7 Å². The van der Waals surface area contributed by atoms with Crippen LogP contribution in [0.1, 0.15) is 29.7 Å². The predicted molar refractivity (Wildman–Crippen MR) is 142 cm³/mol. The second-order valence-electron chi connectivity index (χ2n) is 9.94. The number of phenols is 1. The molecule has 9 nitrogen and oxygen atoms in total. The first kappa shape index (κ1) is 24.9. The standard InChI is InChI=1S/C28H34N6O3/c1-3-26(36)32-13-15-33(16-14-32)27-21-10-12-34(24-8-4-5-9-25(24)35)18-23(21)30-28(22(27)17-29)37-19-20-7-6-11-31(20)2/h3-5,8-9,20,35H,1,6-7,10-16,18-19H2,2H3. The molecule has 0 saturated carbocycles. The topological polar surface area (TPSA) is 96.2 Å². The van der Waals surface area contributed by atoms with Gasteiger partial charge in [0.25, 0.3) is 0 Å². The fourth-order valence-corrected chi connectivity index (χ4v) is 5.67. The number of hydrogen-bond donors (Lipinski definition) is 1. The number of carbonyl (C=O) groups excluding carboxylic acids is 1. The summed E-state index contributed by atoms with van der Waals surface area (Å²) in [6.07, 6.45) is 4.25. The number of likely N-dealkylation sites (N-methyl/N-ethyl adjacent to an activating group) is 1. The average molecular weight is 503 g/mol. The van der Waals surface area contributed by atoms with Gasteiger partial charge >= 0.3 is 0 Å². The summed E-state index contributed by atoms with van der Waals surface area (Å²) in [5.74, 6) is 0.545. The van der Waals surface area contributed by atoms with E-state index in [0.717, 1.165) is 42.0 Å². The van der Waals surface area contributed by atoms with Crippen LogP contribution in [0.4, 0.5) is 11.4 Å². The lowest BCUT2D eigenvalue weighted by molar-refractivity contribution is -0.126. The first-order valence-electron chi connectivity index (χ1n) is 13.0. The van der Waals surface area contributed by atoms with Gasteiger partial charge in [-0.15, -0.1) is 0 Å². The molecule has 37 heavy (non-hydrogen) atoms. The second-order valence-corrected chi connectivity index (χ2v) is 9.94. The molecule has 0 bridgehead atoms. The fourth-order valence-electron chi connectivity index (χ4n) is 5.67. The second kappa shape index (κ2) is 10.7. The Labute approximate surface area is 218 Å². The van der Waals surface area contributed by atoms with Crippen LogP contribution in [-0.4, -0.2) is 84.8 Å². The minimum Gasteiger partial charge on any atom is -0.506 e. The number of hydrogen-bond acceptors (Lipinski definition) is 8. The van der Waals surface area contributed by atoms with Gasteiger partial charge in [-0.05, 0) is 51.1 Å². The van der Waals surface area contributed by atoms with Gasteiger partial charge in [-0.2, -0.15) is 5.26 Å². The number of pyridine rings is 1. The van der Waals surface area contributed by atoms with Crippen molar-refractivity contribution in [3.05, 3.63) is 53.7 Å². The van der Waals surface area contributed by atoms with Crippen LogP contribution in [0.2, 0.25) is 0 Å². The Balaban J connectivity index is 1.49. The van der Waals surface area contributed by atoms with E-state index in [1.165, 1.54) is 6.08 Å². The van der Waals surface area contributed by atoms with Crippen molar-refractivity contribution < 1.29 is 14.6 Å². The van der Waals surface area contributed by atoms with Gasteiger partial charge in [0, 0.05) is 44.3 Å². The molecule has 3 aliphatic heterocycles. The molecular formula is C28H34N6O3. The van der Waals surface area contributed by atoms with Crippen molar-refractivity contribution in [2.45, 2.75) is 31.8 Å². The Bertz CT molecular complexity index is 1220. The minimum absolute atomic E-state index is 0.0695. The van der Waals surface area contributed by atoms with Gasteiger partial charge < -0.3 is 29.4 Å². The quantitative estimate of drug-likeness (QED) is 0.602. The number of aromatic nitrogens is 1. The predicted octanol–water partition coefficient (Wildman–Crippen LogP) is 2.53. The summed E-state index contributed by atoms with van der Waals surface area (Å²) in [7, 11) is 2.10. The molecule has 3 aliphatic rings. The Morgan fingerprint density at radius 2 is 2.00 bits per heavy atom. The number of likely N-dealkylation sites (tertiary alicyclic amines) is 1. The van der Waals surface area contributed by atoms with Gasteiger partial charge in [0.1, 0.15) is 24.0 Å². The van der Waals surface area contributed by atoms with Crippen LogP contribution in [0, 0.1) is 11.3 Å². The van der Waals surface area contributed by atoms with E-state index in [0.29, 0.717) is 69.8 Å². The van der Waals surface area contributed by atoms with E-state index >= 15 is 0 Å². The Kier molecular flexibility index (Phi) is 7.19. The van der Waals surface area contributed by atoms with Crippen LogP contribution in [-0.2, 0) is 17.8 Å². The first-order chi connectivity index (χ1) is 18.0. The number of nitrogens with zero attached hydrogens (tertiary/aromatic N) is 6. The maximum absolute atomic E-state index is 12.1. The van der Waals surface area contributed by atoms with E-state index in [4.69, 9.17) is 9.72 Å². The maximum Gasteiger partial charge on any atom is 0.246 e. The molecule has 1 N–H and O–H groups in total. The van der Waals surface area contributed by atoms with Crippen molar-refractivity contribution in [1.82, 2.24) is 14.8 Å². The van der Waals surface area contributed by atoms with Gasteiger partial charge in [0.15, 0.2) is 0 Å². The van der Waals surface area contributed by atoms with Crippen LogP contribution >= 0.6 is 0 Å². The van der Waals surface area contributed by atoms with Crippen molar-refractivity contribution in [2.75, 3.05) is 62.7 Å². The van der Waals surface area contributed by atoms with Gasteiger partial charge in [0.05, 0.1) is 23.6 Å². The molecule has 194 valence electrons. The zero-order valence-corrected chi connectivity index (χ0v) is 21.4. The van der Waals surface area contributed by atoms with Crippen LogP contribution in [0.5, 0.6) is 11.6 Å². The van der Waals surface area contributed by atoms with Gasteiger partial charge in [-0.1, -0.05) is 18.7 Å². The van der Waals surface area contributed by atoms with Gasteiger partial charge in [-0.3, -0.25) is 4.79 Å². The number of rotatable bonds is 6. The lowest BCUT2D eigenvalue weighted by Crippen LogP contribution is -2.49. The molecule has 1 amide bonds. The van der Waals surface area contributed by atoms with E-state index in [2.05, 4.69) is 34.4 Å². The molecule has 1 atom stereocenters. The third-order valence-corrected chi connectivity index (χ3v) is 7.79. The van der Waals surface area contributed by atoms with Gasteiger partial charge in [-0.25, -0.2) is 4.98 Å². The number of nitriles is 1. The maximum atomic E-state index is 12.1. The molecule has 0 radical (unpaired) electrons. The first-order valence-corrected chi connectivity index (χ1v) is 13.0. The lowest BCUT2D eigenvalue weighted by atomic mass is 9.97. The molecule has 1 aromatic heterocycles.